The molecule has 1 aromatic heterocycles. The molecule has 1 heterocycles. The molecule has 3 nitrogen and oxygen atoms in total. The molecule has 1 aliphatic rings. The van der Waals surface area contributed by atoms with E-state index < -0.39 is 11.9 Å². The van der Waals surface area contributed by atoms with Crippen LogP contribution in [0.15, 0.2) is 6.20 Å². The van der Waals surface area contributed by atoms with Gasteiger partial charge in [0.15, 0.2) is 0 Å². The third-order valence-electron chi connectivity index (χ3n) is 2.79. The van der Waals surface area contributed by atoms with Gasteiger partial charge in [-0.3, -0.25) is 4.68 Å². The second-order valence-electron chi connectivity index (χ2n) is 4.71. The maximum atomic E-state index is 13.0. The number of aromatic nitrogens is 2. The highest BCUT2D eigenvalue weighted by molar-refractivity contribution is 5.21. The second-order valence-corrected chi connectivity index (χ2v) is 4.71. The molecule has 0 radical (unpaired) electrons. The van der Waals surface area contributed by atoms with Crippen molar-refractivity contribution in [2.45, 2.75) is 51.5 Å². The van der Waals surface area contributed by atoms with Crippen LogP contribution in [0.5, 0.6) is 0 Å². The van der Waals surface area contributed by atoms with Crippen LogP contribution in [-0.2, 0) is 12.7 Å². The van der Waals surface area contributed by atoms with E-state index in [1.807, 2.05) is 0 Å². The van der Waals surface area contributed by atoms with Crippen molar-refractivity contribution in [2.75, 3.05) is 0 Å². The van der Waals surface area contributed by atoms with E-state index in [4.69, 9.17) is 0 Å². The van der Waals surface area contributed by atoms with E-state index in [-0.39, 0.29) is 18.2 Å². The van der Waals surface area contributed by atoms with Gasteiger partial charge >= 0.3 is 6.18 Å². The summed E-state index contributed by atoms with van der Waals surface area (Å²) < 4.78 is 39.9. The van der Waals surface area contributed by atoms with Crippen molar-refractivity contribution in [3.63, 3.8) is 0 Å². The number of alkyl halides is 3. The molecule has 1 aromatic rings. The normalized spacial score (nSPS) is 16.8. The van der Waals surface area contributed by atoms with Crippen LogP contribution in [0.4, 0.5) is 13.2 Å². The van der Waals surface area contributed by atoms with Gasteiger partial charge < -0.3 is 5.32 Å². The molecule has 0 amide bonds. The van der Waals surface area contributed by atoms with Crippen LogP contribution >= 0.6 is 0 Å². The minimum Gasteiger partial charge on any atom is -0.310 e. The standard InChI is InChI=1S/C11H16F3N3/c1-7(2)17-10(11(12,13)14)8(6-16-17)5-15-9-3-4-9/h6-7,9,15H,3-5H2,1-2H3. The van der Waals surface area contributed by atoms with Gasteiger partial charge in [0.2, 0.25) is 0 Å². The molecule has 1 N–H and O–H groups in total. The van der Waals surface area contributed by atoms with Crippen molar-refractivity contribution in [3.8, 4) is 0 Å². The summed E-state index contributed by atoms with van der Waals surface area (Å²) in [6.07, 6.45) is -0.918. The summed E-state index contributed by atoms with van der Waals surface area (Å²) in [6.45, 7) is 3.63. The molecular weight excluding hydrogens is 231 g/mol. The minimum atomic E-state index is -4.35. The largest absolute Gasteiger partial charge is 0.433 e. The SMILES string of the molecule is CC(C)n1ncc(CNC2CC2)c1C(F)(F)F. The first kappa shape index (κ1) is 12.4. The van der Waals surface area contributed by atoms with Crippen LogP contribution in [-0.4, -0.2) is 15.8 Å². The molecule has 0 bridgehead atoms. The molecule has 0 atom stereocenters. The number of nitrogens with one attached hydrogen (secondary N) is 1. The number of nitrogens with zero attached hydrogens (tertiary/aromatic N) is 2. The van der Waals surface area contributed by atoms with E-state index in [2.05, 4.69) is 10.4 Å². The molecule has 0 aromatic carbocycles. The van der Waals surface area contributed by atoms with Crippen molar-refractivity contribution in [1.82, 2.24) is 15.1 Å². The molecule has 2 rings (SSSR count). The van der Waals surface area contributed by atoms with Crippen molar-refractivity contribution >= 4 is 0 Å². The van der Waals surface area contributed by atoms with Crippen LogP contribution in [0.1, 0.15) is 44.0 Å². The van der Waals surface area contributed by atoms with Gasteiger partial charge in [-0.2, -0.15) is 18.3 Å². The molecule has 0 spiro atoms. The van der Waals surface area contributed by atoms with Gasteiger partial charge in [0.05, 0.1) is 6.20 Å². The molecular formula is C11H16F3N3. The van der Waals surface area contributed by atoms with E-state index in [0.29, 0.717) is 6.04 Å². The zero-order chi connectivity index (χ0) is 12.6. The summed E-state index contributed by atoms with van der Waals surface area (Å²) in [7, 11) is 0. The average Bonchev–Trinajstić information content (AvgIpc) is 2.91. The summed E-state index contributed by atoms with van der Waals surface area (Å²) in [6, 6.07) is 0.0970. The highest BCUT2D eigenvalue weighted by atomic mass is 19.4. The van der Waals surface area contributed by atoms with Crippen LogP contribution in [0, 0.1) is 0 Å². The summed E-state index contributed by atoms with van der Waals surface area (Å²) in [5.74, 6) is 0. The molecule has 1 aliphatic carbocycles. The molecule has 0 aliphatic heterocycles. The summed E-state index contributed by atoms with van der Waals surface area (Å²) in [5, 5.41) is 6.92. The Bertz CT molecular complexity index is 391. The number of halogens is 3. The molecule has 1 fully saturated rings. The summed E-state index contributed by atoms with van der Waals surface area (Å²) >= 11 is 0. The van der Waals surface area contributed by atoms with Gasteiger partial charge in [0.25, 0.3) is 0 Å². The molecule has 1 saturated carbocycles. The molecule has 0 unspecified atom stereocenters. The average molecular weight is 247 g/mol. The predicted molar refractivity (Wildman–Crippen MR) is 57.5 cm³/mol. The third-order valence-corrected chi connectivity index (χ3v) is 2.79. The van der Waals surface area contributed by atoms with Crippen molar-refractivity contribution in [3.05, 3.63) is 17.5 Å². The second kappa shape index (κ2) is 4.33. The van der Waals surface area contributed by atoms with Gasteiger partial charge in [0, 0.05) is 24.2 Å². The monoisotopic (exact) mass is 247 g/mol. The Balaban J connectivity index is 2.24. The van der Waals surface area contributed by atoms with Crippen molar-refractivity contribution in [2.24, 2.45) is 0 Å². The molecule has 0 saturated heterocycles. The first-order valence-corrected chi connectivity index (χ1v) is 5.76. The lowest BCUT2D eigenvalue weighted by atomic mass is 10.2. The zero-order valence-electron chi connectivity index (χ0n) is 9.88. The quantitative estimate of drug-likeness (QED) is 0.886. The van der Waals surface area contributed by atoms with Gasteiger partial charge in [-0.05, 0) is 26.7 Å². The summed E-state index contributed by atoms with van der Waals surface area (Å²) in [5.41, 5.74) is -0.390. The Kier molecular flexibility index (Phi) is 3.16. The predicted octanol–water partition coefficient (Wildman–Crippen LogP) is 2.73. The zero-order valence-corrected chi connectivity index (χ0v) is 9.88. The lowest BCUT2D eigenvalue weighted by Gasteiger charge is -2.15. The Morgan fingerprint density at radius 1 is 1.47 bits per heavy atom. The number of hydrogen-bond donors (Lipinski definition) is 1. The van der Waals surface area contributed by atoms with Crippen molar-refractivity contribution in [1.29, 1.82) is 0 Å². The fourth-order valence-electron chi connectivity index (χ4n) is 1.77. The molecule has 6 heteroatoms. The lowest BCUT2D eigenvalue weighted by molar-refractivity contribution is -0.145. The Morgan fingerprint density at radius 2 is 2.12 bits per heavy atom. The Labute approximate surface area is 98.0 Å². The fraction of sp³-hybridized carbons (Fsp3) is 0.727. The topological polar surface area (TPSA) is 29.9 Å². The van der Waals surface area contributed by atoms with Gasteiger partial charge in [-0.25, -0.2) is 0 Å². The maximum absolute atomic E-state index is 13.0. The first-order chi connectivity index (χ1) is 7.89. The maximum Gasteiger partial charge on any atom is 0.433 e. The van der Waals surface area contributed by atoms with E-state index >= 15 is 0 Å². The highest BCUT2D eigenvalue weighted by Gasteiger charge is 2.38. The van der Waals surface area contributed by atoms with E-state index in [1.54, 1.807) is 13.8 Å². The van der Waals surface area contributed by atoms with Gasteiger partial charge in [-0.15, -0.1) is 0 Å². The van der Waals surface area contributed by atoms with Crippen LogP contribution in [0.3, 0.4) is 0 Å². The van der Waals surface area contributed by atoms with Gasteiger partial charge in [0.1, 0.15) is 5.69 Å². The number of rotatable bonds is 4. The third kappa shape index (κ3) is 2.80. The Morgan fingerprint density at radius 3 is 2.59 bits per heavy atom. The van der Waals surface area contributed by atoms with Crippen molar-refractivity contribution < 1.29 is 13.2 Å². The number of hydrogen-bond acceptors (Lipinski definition) is 2. The Hall–Kier alpha value is -1.04. The molecule has 96 valence electrons. The van der Waals surface area contributed by atoms with E-state index in [1.165, 1.54) is 6.20 Å². The van der Waals surface area contributed by atoms with E-state index in [9.17, 15) is 13.2 Å². The lowest BCUT2D eigenvalue weighted by Crippen LogP contribution is -2.21. The first-order valence-electron chi connectivity index (χ1n) is 5.76. The smallest absolute Gasteiger partial charge is 0.310 e. The van der Waals surface area contributed by atoms with Crippen LogP contribution < -0.4 is 5.32 Å². The van der Waals surface area contributed by atoms with Crippen LogP contribution in [0.25, 0.3) is 0 Å². The van der Waals surface area contributed by atoms with E-state index in [0.717, 1.165) is 17.5 Å². The van der Waals surface area contributed by atoms with Gasteiger partial charge in [-0.1, -0.05) is 0 Å². The molecule has 17 heavy (non-hydrogen) atoms. The fourth-order valence-corrected chi connectivity index (χ4v) is 1.77. The minimum absolute atomic E-state index is 0.234. The van der Waals surface area contributed by atoms with Crippen LogP contribution in [0.2, 0.25) is 0 Å². The highest BCUT2D eigenvalue weighted by Crippen LogP contribution is 2.33. The summed E-state index contributed by atoms with van der Waals surface area (Å²) in [4.78, 5) is 0.